The van der Waals surface area contributed by atoms with Gasteiger partial charge in [0.25, 0.3) is 0 Å². The van der Waals surface area contributed by atoms with Crippen molar-refractivity contribution in [3.8, 4) is 0 Å². The maximum Gasteiger partial charge on any atom is 0.305 e. The van der Waals surface area contributed by atoms with E-state index in [2.05, 4.69) is 4.98 Å². The van der Waals surface area contributed by atoms with E-state index < -0.39 is 5.97 Å². The van der Waals surface area contributed by atoms with Gasteiger partial charge in [0.05, 0.1) is 16.9 Å². The summed E-state index contributed by atoms with van der Waals surface area (Å²) in [6, 6.07) is 0. The summed E-state index contributed by atoms with van der Waals surface area (Å²) in [6.45, 7) is 0.213. The van der Waals surface area contributed by atoms with Gasteiger partial charge in [-0.15, -0.1) is 11.8 Å². The smallest absolute Gasteiger partial charge is 0.305 e. The fourth-order valence-electron chi connectivity index (χ4n) is 7.75. The molecule has 6 atom stereocenters. The normalized spacial score (nSPS) is 37.2. The van der Waals surface area contributed by atoms with Crippen molar-refractivity contribution >= 4 is 40.9 Å². The molecule has 7 nitrogen and oxygen atoms in total. The van der Waals surface area contributed by atoms with E-state index in [1.54, 1.807) is 11.8 Å². The predicted molar refractivity (Wildman–Crippen MR) is 115 cm³/mol. The minimum atomic E-state index is -0.902. The second-order valence-electron chi connectivity index (χ2n) is 9.94. The number of thiazole rings is 1. The molecule has 1 aromatic heterocycles. The van der Waals surface area contributed by atoms with Crippen molar-refractivity contribution in [2.45, 2.75) is 67.1 Å². The molecule has 2 N–H and O–H groups in total. The average Bonchev–Trinajstić information content (AvgIpc) is 3.46. The monoisotopic (exact) mass is 462 g/mol. The number of aromatic nitrogens is 1. The molecule has 1 saturated heterocycles. The Morgan fingerprint density at radius 3 is 2.52 bits per heavy atom. The summed E-state index contributed by atoms with van der Waals surface area (Å²) in [6.07, 6.45) is 6.87. The highest BCUT2D eigenvalue weighted by molar-refractivity contribution is 8.00. The molecule has 2 aliphatic heterocycles. The van der Waals surface area contributed by atoms with Crippen LogP contribution in [-0.2, 0) is 19.8 Å². The van der Waals surface area contributed by atoms with Gasteiger partial charge < -0.3 is 10.1 Å². The van der Waals surface area contributed by atoms with Gasteiger partial charge >= 0.3 is 10.8 Å². The van der Waals surface area contributed by atoms with Crippen LogP contribution in [0, 0.1) is 29.6 Å². The van der Waals surface area contributed by atoms with Gasteiger partial charge in [-0.25, -0.2) is 0 Å². The minimum Gasteiger partial charge on any atom is -0.481 e. The third kappa shape index (κ3) is 2.65. The van der Waals surface area contributed by atoms with Gasteiger partial charge in [0.1, 0.15) is 0 Å². The molecule has 0 aromatic carbocycles. The van der Waals surface area contributed by atoms with Crippen LogP contribution in [0.2, 0.25) is 0 Å². The Morgan fingerprint density at radius 2 is 1.81 bits per heavy atom. The zero-order valence-corrected chi connectivity index (χ0v) is 18.8. The van der Waals surface area contributed by atoms with E-state index in [1.165, 1.54) is 27.5 Å². The summed E-state index contributed by atoms with van der Waals surface area (Å²) >= 11 is 3.11. The first kappa shape index (κ1) is 20.0. The molecule has 5 aliphatic rings. The third-order valence-electron chi connectivity index (χ3n) is 8.67. The molecule has 3 heterocycles. The number of carboxylic acid groups (broad SMARTS) is 1. The topological polar surface area (TPSA) is 108 Å². The molecule has 2 bridgehead atoms. The summed E-state index contributed by atoms with van der Waals surface area (Å²) in [5.74, 6) is -0.869. The van der Waals surface area contributed by atoms with Crippen LogP contribution in [0.5, 0.6) is 0 Å². The molecule has 1 spiro atoms. The van der Waals surface area contributed by atoms with Crippen molar-refractivity contribution < 1.29 is 19.5 Å². The lowest BCUT2D eigenvalue weighted by molar-refractivity contribution is -0.142. The number of hydrogen-bond donors (Lipinski definition) is 2. The van der Waals surface area contributed by atoms with Crippen LogP contribution in [0.15, 0.2) is 9.82 Å². The Kier molecular flexibility index (Phi) is 4.49. The Balaban J connectivity index is 1.36. The number of aliphatic carboxylic acids is 1. The van der Waals surface area contributed by atoms with Crippen molar-refractivity contribution in [2.24, 2.45) is 29.6 Å². The van der Waals surface area contributed by atoms with Gasteiger partial charge in [-0.3, -0.25) is 24.1 Å². The van der Waals surface area contributed by atoms with Crippen molar-refractivity contribution in [2.75, 3.05) is 6.54 Å². The summed E-state index contributed by atoms with van der Waals surface area (Å²) in [7, 11) is 0. The predicted octanol–water partition coefficient (Wildman–Crippen LogP) is 2.84. The summed E-state index contributed by atoms with van der Waals surface area (Å²) < 4.78 is 0. The second kappa shape index (κ2) is 6.94. The minimum absolute atomic E-state index is 0.00622. The average molecular weight is 463 g/mol. The Bertz CT molecular complexity index is 1030. The molecular formula is C22H26N2O5S2. The highest BCUT2D eigenvalue weighted by Crippen LogP contribution is 2.71. The Labute approximate surface area is 188 Å². The highest BCUT2D eigenvalue weighted by atomic mass is 32.2. The molecule has 3 aliphatic carbocycles. The van der Waals surface area contributed by atoms with Gasteiger partial charge in [0, 0.05) is 28.5 Å². The molecule has 9 heteroatoms. The molecule has 6 rings (SSSR count). The molecule has 3 saturated carbocycles. The number of hydrogen-bond acceptors (Lipinski definition) is 6. The number of thioether (sulfide) groups is 1. The number of imide groups is 1. The van der Waals surface area contributed by atoms with Crippen LogP contribution in [0.3, 0.4) is 0 Å². The van der Waals surface area contributed by atoms with E-state index in [0.717, 1.165) is 37.1 Å². The zero-order valence-electron chi connectivity index (χ0n) is 17.2. The third-order valence-corrected chi connectivity index (χ3v) is 11.4. The standard InChI is InChI=1S/C22H26N2O5S2/c25-12(26)5-4-8-24-19(27)13-10-9-11(14(13)20(24)28)16-15(10)22(6-2-1-3-7-22)17-18(30-16)23-21(29)31-17/h10-11,13-16H,1-9H2,(H,23,29)(H,25,26)/t10-,11+,13-,14+,15-,16-/m0/s1. The number of carbonyl (C=O) groups is 3. The maximum absolute atomic E-state index is 13.4. The maximum atomic E-state index is 13.4. The summed E-state index contributed by atoms with van der Waals surface area (Å²) in [5, 5.41) is 10.2. The summed E-state index contributed by atoms with van der Waals surface area (Å²) in [5.41, 5.74) is -0.0300. The molecule has 4 fully saturated rings. The largest absolute Gasteiger partial charge is 0.481 e. The van der Waals surface area contributed by atoms with Crippen LogP contribution in [0.1, 0.15) is 56.2 Å². The number of likely N-dealkylation sites (tertiary alicyclic amines) is 1. The quantitative estimate of drug-likeness (QED) is 0.667. The molecule has 2 amide bonds. The fourth-order valence-corrected chi connectivity index (χ4v) is 10.9. The number of aromatic amines is 1. The van der Waals surface area contributed by atoms with Crippen LogP contribution < -0.4 is 4.87 Å². The van der Waals surface area contributed by atoms with E-state index in [4.69, 9.17) is 5.11 Å². The highest BCUT2D eigenvalue weighted by Gasteiger charge is 2.71. The lowest BCUT2D eigenvalue weighted by Crippen LogP contribution is -2.51. The van der Waals surface area contributed by atoms with Crippen LogP contribution >= 0.6 is 23.1 Å². The first-order chi connectivity index (χ1) is 14.9. The first-order valence-electron chi connectivity index (χ1n) is 11.4. The molecular weight excluding hydrogens is 436 g/mol. The number of nitrogens with zero attached hydrogens (tertiary/aromatic N) is 1. The van der Waals surface area contributed by atoms with Crippen LogP contribution in [0.25, 0.3) is 0 Å². The molecule has 166 valence electrons. The van der Waals surface area contributed by atoms with Crippen molar-refractivity contribution in [3.63, 3.8) is 0 Å². The van der Waals surface area contributed by atoms with Gasteiger partial charge in [-0.05, 0) is 43.4 Å². The second-order valence-corrected chi connectivity index (χ2v) is 12.1. The van der Waals surface area contributed by atoms with Gasteiger partial charge in [-0.1, -0.05) is 30.6 Å². The van der Waals surface area contributed by atoms with E-state index in [0.29, 0.717) is 12.3 Å². The SMILES string of the molecule is O=C(O)CCCN1C(=O)[C@@H]2[C@H]3C[C@@H]([C@@H]2C1=O)[C@H]1[C@H]3Sc2[nH]c(=O)sc2C12CCCCC2. The number of H-pyrrole nitrogens is 1. The van der Waals surface area contributed by atoms with Crippen molar-refractivity contribution in [1.29, 1.82) is 0 Å². The fraction of sp³-hybridized carbons (Fsp3) is 0.727. The molecule has 0 unspecified atom stereocenters. The number of carboxylic acids is 1. The van der Waals surface area contributed by atoms with Crippen molar-refractivity contribution in [1.82, 2.24) is 9.88 Å². The first-order valence-corrected chi connectivity index (χ1v) is 13.1. The molecule has 1 aromatic rings. The van der Waals surface area contributed by atoms with Gasteiger partial charge in [-0.2, -0.15) is 0 Å². The van der Waals surface area contributed by atoms with E-state index in [1.807, 2.05) is 0 Å². The lowest BCUT2D eigenvalue weighted by Gasteiger charge is -2.52. The number of fused-ring (bicyclic) bond motifs is 11. The summed E-state index contributed by atoms with van der Waals surface area (Å²) in [4.78, 5) is 55.4. The zero-order chi connectivity index (χ0) is 21.5. The van der Waals surface area contributed by atoms with E-state index in [-0.39, 0.29) is 64.0 Å². The van der Waals surface area contributed by atoms with Crippen LogP contribution in [-0.4, -0.2) is 44.6 Å². The molecule has 0 radical (unpaired) electrons. The Hall–Kier alpha value is -1.61. The van der Waals surface area contributed by atoms with Gasteiger partial charge in [0.15, 0.2) is 0 Å². The molecule has 31 heavy (non-hydrogen) atoms. The van der Waals surface area contributed by atoms with Crippen LogP contribution in [0.4, 0.5) is 0 Å². The number of carbonyl (C=O) groups excluding carboxylic acids is 2. The van der Waals surface area contributed by atoms with Crippen molar-refractivity contribution in [3.05, 3.63) is 14.5 Å². The Morgan fingerprint density at radius 1 is 1.10 bits per heavy atom. The lowest BCUT2D eigenvalue weighted by atomic mass is 9.57. The number of nitrogens with one attached hydrogen (secondary N) is 1. The van der Waals surface area contributed by atoms with E-state index in [9.17, 15) is 19.2 Å². The number of rotatable bonds is 4. The number of amides is 2. The van der Waals surface area contributed by atoms with E-state index >= 15 is 0 Å². The van der Waals surface area contributed by atoms with Gasteiger partial charge in [0.2, 0.25) is 11.8 Å².